The SMILES string of the molecule is Cc1cc(C)c(-c2noc(C)n2)c(NC(=O)c2ccccc2F)n1. The second-order valence-electron chi connectivity index (χ2n) is 5.38. The van der Waals surface area contributed by atoms with Crippen molar-refractivity contribution in [2.45, 2.75) is 20.8 Å². The largest absolute Gasteiger partial charge is 0.339 e. The van der Waals surface area contributed by atoms with E-state index in [-0.39, 0.29) is 11.4 Å². The number of aryl methyl sites for hydroxylation is 3. The Kier molecular flexibility index (Phi) is 4.07. The minimum absolute atomic E-state index is 0.0614. The first-order valence-corrected chi connectivity index (χ1v) is 7.30. The highest BCUT2D eigenvalue weighted by atomic mass is 19.1. The summed E-state index contributed by atoms with van der Waals surface area (Å²) in [6.07, 6.45) is 0. The van der Waals surface area contributed by atoms with Gasteiger partial charge in [0.1, 0.15) is 11.6 Å². The van der Waals surface area contributed by atoms with Crippen molar-refractivity contribution in [1.29, 1.82) is 0 Å². The number of carbonyl (C=O) groups excluding carboxylic acids is 1. The molecule has 0 atom stereocenters. The summed E-state index contributed by atoms with van der Waals surface area (Å²) in [7, 11) is 0. The predicted molar refractivity (Wildman–Crippen MR) is 86.1 cm³/mol. The monoisotopic (exact) mass is 326 g/mol. The lowest BCUT2D eigenvalue weighted by molar-refractivity contribution is 0.102. The third-order valence-electron chi connectivity index (χ3n) is 3.45. The maximum absolute atomic E-state index is 13.8. The average Bonchev–Trinajstić information content (AvgIpc) is 2.93. The van der Waals surface area contributed by atoms with Gasteiger partial charge in [0.25, 0.3) is 5.91 Å². The molecular formula is C17H15FN4O2. The van der Waals surface area contributed by atoms with E-state index in [1.165, 1.54) is 18.2 Å². The predicted octanol–water partition coefficient (Wildman–Crippen LogP) is 3.45. The van der Waals surface area contributed by atoms with Crippen LogP contribution >= 0.6 is 0 Å². The highest BCUT2D eigenvalue weighted by Crippen LogP contribution is 2.29. The van der Waals surface area contributed by atoms with Crippen LogP contribution in [0.3, 0.4) is 0 Å². The quantitative estimate of drug-likeness (QED) is 0.797. The normalized spacial score (nSPS) is 10.7. The smallest absolute Gasteiger partial charge is 0.259 e. The molecule has 0 aliphatic heterocycles. The summed E-state index contributed by atoms with van der Waals surface area (Å²) < 4.78 is 18.8. The Morgan fingerprint density at radius 2 is 1.92 bits per heavy atom. The van der Waals surface area contributed by atoms with Gasteiger partial charge in [0.15, 0.2) is 0 Å². The van der Waals surface area contributed by atoms with Crippen LogP contribution in [0.1, 0.15) is 27.5 Å². The lowest BCUT2D eigenvalue weighted by Crippen LogP contribution is -2.16. The fourth-order valence-electron chi connectivity index (χ4n) is 2.43. The number of aromatic nitrogens is 3. The number of halogens is 1. The fourth-order valence-corrected chi connectivity index (χ4v) is 2.43. The number of hydrogen-bond donors (Lipinski definition) is 1. The Morgan fingerprint density at radius 1 is 1.17 bits per heavy atom. The third-order valence-corrected chi connectivity index (χ3v) is 3.45. The van der Waals surface area contributed by atoms with Crippen LogP contribution in [0.15, 0.2) is 34.9 Å². The molecule has 0 spiro atoms. The zero-order chi connectivity index (χ0) is 17.3. The molecule has 3 aromatic rings. The van der Waals surface area contributed by atoms with Gasteiger partial charge in [-0.3, -0.25) is 4.79 Å². The molecule has 0 unspecified atom stereocenters. The number of nitrogens with zero attached hydrogens (tertiary/aromatic N) is 3. The zero-order valence-electron chi connectivity index (χ0n) is 13.4. The van der Waals surface area contributed by atoms with Crippen LogP contribution in [0, 0.1) is 26.6 Å². The van der Waals surface area contributed by atoms with Crippen molar-refractivity contribution in [1.82, 2.24) is 15.1 Å². The maximum atomic E-state index is 13.8. The van der Waals surface area contributed by atoms with Gasteiger partial charge >= 0.3 is 0 Å². The Hall–Kier alpha value is -3.09. The number of benzene rings is 1. The average molecular weight is 326 g/mol. The molecule has 0 radical (unpaired) electrons. The van der Waals surface area contributed by atoms with E-state index >= 15 is 0 Å². The Morgan fingerprint density at radius 3 is 2.58 bits per heavy atom. The third kappa shape index (κ3) is 3.01. The van der Waals surface area contributed by atoms with Gasteiger partial charge in [-0.15, -0.1) is 0 Å². The zero-order valence-corrected chi connectivity index (χ0v) is 13.4. The van der Waals surface area contributed by atoms with E-state index < -0.39 is 11.7 Å². The summed E-state index contributed by atoms with van der Waals surface area (Å²) >= 11 is 0. The summed E-state index contributed by atoms with van der Waals surface area (Å²) in [6.45, 7) is 5.33. The lowest BCUT2D eigenvalue weighted by atomic mass is 10.1. The van der Waals surface area contributed by atoms with Crippen molar-refractivity contribution in [2.75, 3.05) is 5.32 Å². The standard InChI is InChI=1S/C17H15FN4O2/c1-9-8-10(2)19-15(14(9)16-20-11(3)24-22-16)21-17(23)12-6-4-5-7-13(12)18/h4-8H,1-3H3,(H,19,21,23). The molecule has 1 aromatic carbocycles. The van der Waals surface area contributed by atoms with E-state index in [2.05, 4.69) is 20.4 Å². The van der Waals surface area contributed by atoms with Crippen molar-refractivity contribution in [3.05, 3.63) is 58.9 Å². The fraction of sp³-hybridized carbons (Fsp3) is 0.176. The summed E-state index contributed by atoms with van der Waals surface area (Å²) in [5.41, 5.74) is 2.02. The van der Waals surface area contributed by atoms with Crippen molar-refractivity contribution < 1.29 is 13.7 Å². The Bertz CT molecular complexity index is 921. The molecule has 2 heterocycles. The molecule has 6 nitrogen and oxygen atoms in total. The highest BCUT2D eigenvalue weighted by molar-refractivity contribution is 6.05. The van der Waals surface area contributed by atoms with Crippen molar-refractivity contribution in [3.63, 3.8) is 0 Å². The van der Waals surface area contributed by atoms with Crippen LogP contribution in [0.25, 0.3) is 11.4 Å². The Balaban J connectivity index is 2.04. The number of pyridine rings is 1. The number of anilines is 1. The van der Waals surface area contributed by atoms with Gasteiger partial charge in [-0.2, -0.15) is 4.98 Å². The number of amides is 1. The minimum Gasteiger partial charge on any atom is -0.339 e. The van der Waals surface area contributed by atoms with Crippen molar-refractivity contribution >= 4 is 11.7 Å². The van der Waals surface area contributed by atoms with E-state index in [1.54, 1.807) is 19.9 Å². The molecule has 0 saturated carbocycles. The number of rotatable bonds is 3. The maximum Gasteiger partial charge on any atom is 0.259 e. The summed E-state index contributed by atoms with van der Waals surface area (Å²) in [5.74, 6) is -0.206. The van der Waals surface area contributed by atoms with E-state index in [0.717, 1.165) is 5.56 Å². The van der Waals surface area contributed by atoms with Crippen LogP contribution in [0.5, 0.6) is 0 Å². The van der Waals surface area contributed by atoms with Gasteiger partial charge < -0.3 is 9.84 Å². The highest BCUT2D eigenvalue weighted by Gasteiger charge is 2.19. The molecular weight excluding hydrogens is 311 g/mol. The van der Waals surface area contributed by atoms with Gasteiger partial charge in [0, 0.05) is 12.6 Å². The molecule has 1 N–H and O–H groups in total. The summed E-state index contributed by atoms with van der Waals surface area (Å²) in [5, 5.41) is 6.53. The van der Waals surface area contributed by atoms with Crippen LogP contribution in [-0.4, -0.2) is 21.0 Å². The van der Waals surface area contributed by atoms with Gasteiger partial charge in [-0.05, 0) is 37.6 Å². The molecule has 0 bridgehead atoms. The molecule has 1 amide bonds. The van der Waals surface area contributed by atoms with E-state index in [0.29, 0.717) is 23.0 Å². The minimum atomic E-state index is -0.601. The van der Waals surface area contributed by atoms with Gasteiger partial charge in [0.2, 0.25) is 11.7 Å². The molecule has 0 saturated heterocycles. The van der Waals surface area contributed by atoms with E-state index in [4.69, 9.17) is 4.52 Å². The van der Waals surface area contributed by atoms with Crippen molar-refractivity contribution in [2.24, 2.45) is 0 Å². The second kappa shape index (κ2) is 6.19. The van der Waals surface area contributed by atoms with Crippen molar-refractivity contribution in [3.8, 4) is 11.4 Å². The first-order chi connectivity index (χ1) is 11.5. The van der Waals surface area contributed by atoms with Crippen LogP contribution < -0.4 is 5.32 Å². The lowest BCUT2D eigenvalue weighted by Gasteiger charge is -2.12. The van der Waals surface area contributed by atoms with Gasteiger partial charge in [0.05, 0.1) is 11.1 Å². The molecule has 7 heteroatoms. The molecule has 0 aliphatic carbocycles. The molecule has 2 aromatic heterocycles. The Labute approximate surface area is 137 Å². The van der Waals surface area contributed by atoms with Gasteiger partial charge in [-0.25, -0.2) is 9.37 Å². The van der Waals surface area contributed by atoms with Gasteiger partial charge in [-0.1, -0.05) is 17.3 Å². The van der Waals surface area contributed by atoms with E-state index in [9.17, 15) is 9.18 Å². The molecule has 24 heavy (non-hydrogen) atoms. The first kappa shape index (κ1) is 15.8. The molecule has 3 rings (SSSR count). The van der Waals surface area contributed by atoms with Crippen LogP contribution in [0.4, 0.5) is 10.2 Å². The topological polar surface area (TPSA) is 80.9 Å². The molecule has 0 fully saturated rings. The number of hydrogen-bond acceptors (Lipinski definition) is 5. The van der Waals surface area contributed by atoms with Crippen LogP contribution in [0.2, 0.25) is 0 Å². The molecule has 0 aliphatic rings. The molecule has 122 valence electrons. The number of carbonyl (C=O) groups is 1. The van der Waals surface area contributed by atoms with Crippen LogP contribution in [-0.2, 0) is 0 Å². The number of nitrogens with one attached hydrogen (secondary N) is 1. The summed E-state index contributed by atoms with van der Waals surface area (Å²) in [4.78, 5) is 20.9. The second-order valence-corrected chi connectivity index (χ2v) is 5.38. The first-order valence-electron chi connectivity index (χ1n) is 7.30. The summed E-state index contributed by atoms with van der Waals surface area (Å²) in [6, 6.07) is 7.60. The van der Waals surface area contributed by atoms with E-state index in [1.807, 2.05) is 13.0 Å².